The van der Waals surface area contributed by atoms with Crippen molar-refractivity contribution in [2.45, 2.75) is 130 Å². The Morgan fingerprint density at radius 1 is 0.842 bits per heavy atom. The quantitative estimate of drug-likeness (QED) is 0.186. The molecule has 1 aromatic rings. The van der Waals surface area contributed by atoms with E-state index in [2.05, 4.69) is 49.2 Å². The second-order valence-electron chi connectivity index (χ2n) is 11.6. The van der Waals surface area contributed by atoms with Crippen LogP contribution in [0.5, 0.6) is 0 Å². The van der Waals surface area contributed by atoms with Gasteiger partial charge in [-0.05, 0) is 49.9 Å². The highest BCUT2D eigenvalue weighted by atomic mass is 16.2. The Hall–Kier alpha value is -2.43. The van der Waals surface area contributed by atoms with Crippen molar-refractivity contribution in [1.82, 2.24) is 5.32 Å². The minimum atomic E-state index is -0.364. The van der Waals surface area contributed by atoms with Gasteiger partial charge in [0, 0.05) is 24.6 Å². The van der Waals surface area contributed by atoms with Gasteiger partial charge in [-0.1, -0.05) is 103 Å². The second kappa shape index (κ2) is 15.9. The number of rotatable bonds is 15. The largest absolute Gasteiger partial charge is 0.343 e. The van der Waals surface area contributed by atoms with E-state index in [-0.39, 0.29) is 17.7 Å². The number of nitrogens with one attached hydrogen (secondary N) is 1. The van der Waals surface area contributed by atoms with Crippen molar-refractivity contribution in [3.05, 3.63) is 35.0 Å². The van der Waals surface area contributed by atoms with Crippen molar-refractivity contribution < 1.29 is 9.59 Å². The number of allylic oxidation sites excluding steroid dienone is 2. The van der Waals surface area contributed by atoms with Crippen molar-refractivity contribution in [3.8, 4) is 0 Å². The first-order valence-electron chi connectivity index (χ1n) is 15.4. The lowest BCUT2D eigenvalue weighted by Gasteiger charge is -2.28. The molecule has 2 amide bonds. The standard InChI is InChI=1S/C33H51N3O2/c1-5-6-7-8-9-10-11-12-13-14-15-16-17-18-21-36-28-20-19-25(2)32(37)35-33(38)30(24-28)34-29-22-26(3)27(4)23-31(29)36/h20,22-23,25H,5-19,21,24H2,1-4H3,(H,35,37,38). The highest BCUT2D eigenvalue weighted by molar-refractivity contribution is 6.42. The fourth-order valence-corrected chi connectivity index (χ4v) is 5.47. The van der Waals surface area contributed by atoms with Crippen molar-refractivity contribution in [1.29, 1.82) is 0 Å². The highest BCUT2D eigenvalue weighted by Crippen LogP contribution is 2.38. The normalized spacial score (nSPS) is 17.6. The van der Waals surface area contributed by atoms with Gasteiger partial charge in [0.2, 0.25) is 5.91 Å². The summed E-state index contributed by atoms with van der Waals surface area (Å²) in [6, 6.07) is 4.29. The van der Waals surface area contributed by atoms with Crippen molar-refractivity contribution >= 4 is 28.9 Å². The van der Waals surface area contributed by atoms with E-state index in [1.807, 2.05) is 6.92 Å². The van der Waals surface area contributed by atoms with Gasteiger partial charge in [-0.25, -0.2) is 4.99 Å². The van der Waals surface area contributed by atoms with Crippen LogP contribution >= 0.6 is 0 Å². The van der Waals surface area contributed by atoms with Crippen LogP contribution in [0.25, 0.3) is 0 Å². The fraction of sp³-hybridized carbons (Fsp3) is 0.667. The average Bonchev–Trinajstić information content (AvgIpc) is 3.01. The molecule has 0 fully saturated rings. The van der Waals surface area contributed by atoms with Gasteiger partial charge in [0.05, 0.1) is 11.4 Å². The molecular formula is C33H51N3O2. The van der Waals surface area contributed by atoms with E-state index in [0.29, 0.717) is 18.6 Å². The molecule has 5 heteroatoms. The number of unbranched alkanes of at least 4 members (excludes halogenated alkanes) is 13. The van der Waals surface area contributed by atoms with Gasteiger partial charge in [-0.3, -0.25) is 14.9 Å². The molecule has 2 heterocycles. The van der Waals surface area contributed by atoms with E-state index in [1.165, 1.54) is 89.0 Å². The number of aliphatic imine (C=N–C) groups is 1. The first-order chi connectivity index (χ1) is 18.4. The molecule has 5 nitrogen and oxygen atoms in total. The Labute approximate surface area is 231 Å². The molecule has 38 heavy (non-hydrogen) atoms. The number of hydrogen-bond donors (Lipinski definition) is 1. The highest BCUT2D eigenvalue weighted by Gasteiger charge is 2.28. The van der Waals surface area contributed by atoms with Crippen LogP contribution in [0.3, 0.4) is 0 Å². The van der Waals surface area contributed by atoms with Crippen LogP contribution in [-0.4, -0.2) is 24.1 Å². The smallest absolute Gasteiger partial charge is 0.272 e. The van der Waals surface area contributed by atoms with E-state index < -0.39 is 0 Å². The number of benzene rings is 1. The van der Waals surface area contributed by atoms with E-state index in [0.717, 1.165) is 35.6 Å². The van der Waals surface area contributed by atoms with Gasteiger partial charge in [-0.15, -0.1) is 0 Å². The molecule has 1 N–H and O–H groups in total. The Balaban J connectivity index is 1.52. The van der Waals surface area contributed by atoms with E-state index in [4.69, 9.17) is 4.99 Å². The number of aryl methyl sites for hydroxylation is 2. The monoisotopic (exact) mass is 521 g/mol. The van der Waals surface area contributed by atoms with Gasteiger partial charge >= 0.3 is 0 Å². The molecular weight excluding hydrogens is 470 g/mol. The van der Waals surface area contributed by atoms with Crippen molar-refractivity contribution in [2.24, 2.45) is 10.9 Å². The average molecular weight is 522 g/mol. The lowest BCUT2D eigenvalue weighted by atomic mass is 10.0. The lowest BCUT2D eigenvalue weighted by molar-refractivity contribution is -0.129. The van der Waals surface area contributed by atoms with Crippen molar-refractivity contribution in [3.63, 3.8) is 0 Å². The summed E-state index contributed by atoms with van der Waals surface area (Å²) in [5.74, 6) is -0.827. The molecule has 1 unspecified atom stereocenters. The molecule has 0 aliphatic carbocycles. The maximum Gasteiger partial charge on any atom is 0.272 e. The van der Waals surface area contributed by atoms with Crippen LogP contribution < -0.4 is 10.2 Å². The minimum Gasteiger partial charge on any atom is -0.343 e. The van der Waals surface area contributed by atoms with Gasteiger partial charge in [-0.2, -0.15) is 0 Å². The Bertz CT molecular complexity index is 994. The molecule has 2 aliphatic rings. The molecule has 0 aromatic heterocycles. The van der Waals surface area contributed by atoms with E-state index in [1.54, 1.807) is 0 Å². The van der Waals surface area contributed by atoms with Gasteiger partial charge in [0.1, 0.15) is 5.71 Å². The summed E-state index contributed by atoms with van der Waals surface area (Å²) in [5, 5.41) is 2.56. The van der Waals surface area contributed by atoms with Crippen LogP contribution in [0.15, 0.2) is 28.9 Å². The maximum absolute atomic E-state index is 12.9. The molecule has 2 aliphatic heterocycles. The van der Waals surface area contributed by atoms with E-state index in [9.17, 15) is 9.59 Å². The number of amides is 2. The fourth-order valence-electron chi connectivity index (χ4n) is 5.47. The summed E-state index contributed by atoms with van der Waals surface area (Å²) < 4.78 is 0. The Kier molecular flexibility index (Phi) is 12.6. The predicted octanol–water partition coefficient (Wildman–Crippen LogP) is 8.63. The van der Waals surface area contributed by atoms with Crippen molar-refractivity contribution in [2.75, 3.05) is 11.4 Å². The molecule has 0 saturated heterocycles. The summed E-state index contributed by atoms with van der Waals surface area (Å²) >= 11 is 0. The SMILES string of the molecule is CCCCCCCCCCCCCCCCN1C2=CCC(C)C(=O)NC(=O)C(=Nc3cc(C)c(C)cc31)C2. The molecule has 1 aromatic carbocycles. The van der Waals surface area contributed by atoms with Crippen LogP contribution in [0.4, 0.5) is 11.4 Å². The zero-order chi connectivity index (χ0) is 27.3. The van der Waals surface area contributed by atoms with Gasteiger partial charge < -0.3 is 4.90 Å². The zero-order valence-corrected chi connectivity index (χ0v) is 24.5. The van der Waals surface area contributed by atoms with E-state index >= 15 is 0 Å². The third-order valence-corrected chi connectivity index (χ3v) is 8.22. The number of carbonyl (C=O) groups is 2. The minimum absolute atomic E-state index is 0.223. The molecule has 0 saturated carbocycles. The Morgan fingerprint density at radius 2 is 1.39 bits per heavy atom. The number of hydrogen-bond acceptors (Lipinski definition) is 4. The zero-order valence-electron chi connectivity index (χ0n) is 24.5. The molecule has 0 radical (unpaired) electrons. The van der Waals surface area contributed by atoms with Crippen LogP contribution in [-0.2, 0) is 9.59 Å². The Morgan fingerprint density at radius 3 is 2.00 bits per heavy atom. The molecule has 210 valence electrons. The predicted molar refractivity (Wildman–Crippen MR) is 160 cm³/mol. The first kappa shape index (κ1) is 30.1. The van der Waals surface area contributed by atoms with Crippen LogP contribution in [0, 0.1) is 19.8 Å². The third-order valence-electron chi connectivity index (χ3n) is 8.22. The molecule has 0 spiro atoms. The topological polar surface area (TPSA) is 61.8 Å². The van der Waals surface area contributed by atoms with Gasteiger partial charge in [0.15, 0.2) is 0 Å². The van der Waals surface area contributed by atoms with Crippen LogP contribution in [0.2, 0.25) is 0 Å². The first-order valence-corrected chi connectivity index (χ1v) is 15.4. The summed E-state index contributed by atoms with van der Waals surface area (Å²) in [6.45, 7) is 9.28. The maximum atomic E-state index is 12.9. The second-order valence-corrected chi connectivity index (χ2v) is 11.6. The summed E-state index contributed by atoms with van der Waals surface area (Å²) in [5.41, 5.74) is 5.81. The summed E-state index contributed by atoms with van der Waals surface area (Å²) in [6.07, 6.45) is 22.1. The summed E-state index contributed by atoms with van der Waals surface area (Å²) in [7, 11) is 0. The number of imide groups is 1. The third kappa shape index (κ3) is 9.10. The number of nitrogens with zero attached hydrogens (tertiary/aromatic N) is 2. The lowest BCUT2D eigenvalue weighted by Crippen LogP contribution is -2.38. The molecule has 3 rings (SSSR count). The van der Waals surface area contributed by atoms with Crippen LogP contribution in [0.1, 0.15) is 128 Å². The summed E-state index contributed by atoms with van der Waals surface area (Å²) in [4.78, 5) is 32.5. The molecule has 2 bridgehead atoms. The number of fused-ring (bicyclic) bond motifs is 3. The van der Waals surface area contributed by atoms with Gasteiger partial charge in [0.25, 0.3) is 5.91 Å². The molecule has 1 atom stereocenters. The number of carbonyl (C=O) groups excluding carboxylic acids is 2. The number of anilines is 1.